The number of anilines is 2. The highest BCUT2D eigenvalue weighted by Gasteiger charge is 2.10. The number of aromatic nitrogens is 1. The zero-order valence-corrected chi connectivity index (χ0v) is 15.0. The van der Waals surface area contributed by atoms with E-state index in [9.17, 15) is 9.18 Å². The number of pyridine rings is 1. The molecule has 0 saturated carbocycles. The van der Waals surface area contributed by atoms with Crippen molar-refractivity contribution in [2.24, 2.45) is 0 Å². The van der Waals surface area contributed by atoms with E-state index >= 15 is 0 Å². The van der Waals surface area contributed by atoms with E-state index in [1.807, 2.05) is 0 Å². The van der Waals surface area contributed by atoms with Gasteiger partial charge in [-0.2, -0.15) is 0 Å². The van der Waals surface area contributed by atoms with Gasteiger partial charge in [0.25, 0.3) is 5.91 Å². The molecule has 0 unspecified atom stereocenters. The maximum Gasteiger partial charge on any atom is 0.253 e. The van der Waals surface area contributed by atoms with Crippen LogP contribution in [0.25, 0.3) is 0 Å². The normalized spacial score (nSPS) is 10.4. The molecule has 132 valence electrons. The standard InChI is InChI=1S/C19H14Cl2FN3O/c20-16-2-1-3-17(21)18(16)25-15-8-13(10-23-11-15)19(26)24-9-12-4-6-14(22)7-5-12/h1-8,10-11,25H,9H2,(H,24,26). The van der Waals surface area contributed by atoms with Gasteiger partial charge in [0.15, 0.2) is 0 Å². The number of rotatable bonds is 5. The summed E-state index contributed by atoms with van der Waals surface area (Å²) in [7, 11) is 0. The molecule has 0 atom stereocenters. The lowest BCUT2D eigenvalue weighted by atomic mass is 10.2. The van der Waals surface area contributed by atoms with Crippen molar-refractivity contribution in [3.63, 3.8) is 0 Å². The molecule has 0 aliphatic rings. The first-order chi connectivity index (χ1) is 12.5. The van der Waals surface area contributed by atoms with Crippen LogP contribution in [0.15, 0.2) is 60.9 Å². The third-order valence-electron chi connectivity index (χ3n) is 3.60. The summed E-state index contributed by atoms with van der Waals surface area (Å²) in [6, 6.07) is 12.7. The van der Waals surface area contributed by atoms with Crippen molar-refractivity contribution >= 4 is 40.5 Å². The molecule has 2 N–H and O–H groups in total. The van der Waals surface area contributed by atoms with Gasteiger partial charge in [0.2, 0.25) is 0 Å². The maximum absolute atomic E-state index is 12.9. The van der Waals surface area contributed by atoms with Crippen molar-refractivity contribution in [1.82, 2.24) is 10.3 Å². The summed E-state index contributed by atoms with van der Waals surface area (Å²) in [6.45, 7) is 0.285. The Morgan fingerprint density at radius 1 is 1.04 bits per heavy atom. The average Bonchev–Trinajstić information content (AvgIpc) is 2.64. The third-order valence-corrected chi connectivity index (χ3v) is 4.23. The van der Waals surface area contributed by atoms with E-state index < -0.39 is 0 Å². The highest BCUT2D eigenvalue weighted by molar-refractivity contribution is 6.39. The highest BCUT2D eigenvalue weighted by atomic mass is 35.5. The summed E-state index contributed by atoms with van der Waals surface area (Å²) in [5.41, 5.74) is 2.29. The predicted molar refractivity (Wildman–Crippen MR) is 102 cm³/mol. The number of carbonyl (C=O) groups is 1. The molecule has 0 aliphatic carbocycles. The SMILES string of the molecule is O=C(NCc1ccc(F)cc1)c1cncc(Nc2c(Cl)cccc2Cl)c1. The second kappa shape index (κ2) is 8.17. The van der Waals surface area contributed by atoms with Gasteiger partial charge in [-0.15, -0.1) is 0 Å². The summed E-state index contributed by atoms with van der Waals surface area (Å²) in [5.74, 6) is -0.614. The number of para-hydroxylation sites is 1. The van der Waals surface area contributed by atoms with Crippen LogP contribution in [0, 0.1) is 5.82 Å². The Balaban J connectivity index is 1.70. The highest BCUT2D eigenvalue weighted by Crippen LogP contribution is 2.32. The fraction of sp³-hybridized carbons (Fsp3) is 0.0526. The molecule has 0 fully saturated rings. The largest absolute Gasteiger partial charge is 0.352 e. The van der Waals surface area contributed by atoms with Gasteiger partial charge in [-0.25, -0.2) is 4.39 Å². The first-order valence-corrected chi connectivity index (χ1v) is 8.47. The summed E-state index contributed by atoms with van der Waals surface area (Å²) >= 11 is 12.3. The molecule has 3 aromatic rings. The summed E-state index contributed by atoms with van der Waals surface area (Å²) < 4.78 is 12.9. The minimum Gasteiger partial charge on any atom is -0.352 e. The summed E-state index contributed by atoms with van der Waals surface area (Å²) in [6.07, 6.45) is 3.02. The van der Waals surface area contributed by atoms with Gasteiger partial charge in [-0.1, -0.05) is 41.4 Å². The Labute approximate surface area is 160 Å². The molecule has 0 aliphatic heterocycles. The van der Waals surface area contributed by atoms with Crippen molar-refractivity contribution in [3.05, 3.63) is 87.9 Å². The van der Waals surface area contributed by atoms with Gasteiger partial charge in [0.05, 0.1) is 33.2 Å². The fourth-order valence-corrected chi connectivity index (χ4v) is 2.77. The molecule has 0 spiro atoms. The number of hydrogen-bond donors (Lipinski definition) is 2. The van der Waals surface area contributed by atoms with Crippen molar-refractivity contribution < 1.29 is 9.18 Å². The molecule has 1 amide bonds. The molecule has 0 bridgehead atoms. The topological polar surface area (TPSA) is 54.0 Å². The Kier molecular flexibility index (Phi) is 5.71. The smallest absolute Gasteiger partial charge is 0.253 e. The van der Waals surface area contributed by atoms with Gasteiger partial charge in [-0.3, -0.25) is 9.78 Å². The van der Waals surface area contributed by atoms with E-state index in [0.717, 1.165) is 5.56 Å². The van der Waals surface area contributed by atoms with Crippen molar-refractivity contribution in [2.45, 2.75) is 6.54 Å². The van der Waals surface area contributed by atoms with Crippen molar-refractivity contribution in [1.29, 1.82) is 0 Å². The van der Waals surface area contributed by atoms with Crippen LogP contribution < -0.4 is 10.6 Å². The van der Waals surface area contributed by atoms with Crippen LogP contribution in [0.5, 0.6) is 0 Å². The lowest BCUT2D eigenvalue weighted by Gasteiger charge is -2.11. The molecule has 2 aromatic carbocycles. The second-order valence-corrected chi connectivity index (χ2v) is 6.31. The van der Waals surface area contributed by atoms with Gasteiger partial charge in [-0.05, 0) is 35.9 Å². The van der Waals surface area contributed by atoms with Gasteiger partial charge >= 0.3 is 0 Å². The molecular weight excluding hydrogens is 376 g/mol. The first kappa shape index (κ1) is 18.2. The number of nitrogens with one attached hydrogen (secondary N) is 2. The molecule has 4 nitrogen and oxygen atoms in total. The van der Waals surface area contributed by atoms with E-state index in [-0.39, 0.29) is 18.3 Å². The van der Waals surface area contributed by atoms with Crippen LogP contribution in [-0.2, 0) is 6.54 Å². The molecule has 26 heavy (non-hydrogen) atoms. The van der Waals surface area contributed by atoms with Crippen LogP contribution >= 0.6 is 23.2 Å². The minimum atomic E-state index is -0.318. The Bertz CT molecular complexity index is 912. The van der Waals surface area contributed by atoms with Crippen molar-refractivity contribution in [2.75, 3.05) is 5.32 Å². The molecule has 0 saturated heterocycles. The second-order valence-electron chi connectivity index (χ2n) is 5.49. The van der Waals surface area contributed by atoms with E-state index in [1.165, 1.54) is 18.3 Å². The Morgan fingerprint density at radius 3 is 2.42 bits per heavy atom. The number of benzene rings is 2. The molecule has 1 heterocycles. The van der Waals surface area contributed by atoms with Crippen LogP contribution in [0.2, 0.25) is 10.0 Å². The molecule has 7 heteroatoms. The van der Waals surface area contributed by atoms with E-state index in [4.69, 9.17) is 23.2 Å². The fourth-order valence-electron chi connectivity index (χ4n) is 2.28. The third kappa shape index (κ3) is 4.50. The number of hydrogen-bond acceptors (Lipinski definition) is 3. The summed E-state index contributed by atoms with van der Waals surface area (Å²) in [4.78, 5) is 16.4. The van der Waals surface area contributed by atoms with E-state index in [1.54, 1.807) is 42.6 Å². The molecule has 3 rings (SSSR count). The van der Waals surface area contributed by atoms with Gasteiger partial charge < -0.3 is 10.6 Å². The molecular formula is C19H14Cl2FN3O. The number of amides is 1. The van der Waals surface area contributed by atoms with Crippen molar-refractivity contribution in [3.8, 4) is 0 Å². The van der Waals surface area contributed by atoms with Gasteiger partial charge in [0, 0.05) is 12.7 Å². The van der Waals surface area contributed by atoms with Crippen LogP contribution in [0.1, 0.15) is 15.9 Å². The number of carbonyl (C=O) groups excluding carboxylic acids is 1. The maximum atomic E-state index is 12.9. The van der Waals surface area contributed by atoms with Crippen LogP contribution in [0.3, 0.4) is 0 Å². The van der Waals surface area contributed by atoms with Crippen LogP contribution in [-0.4, -0.2) is 10.9 Å². The zero-order valence-electron chi connectivity index (χ0n) is 13.5. The average molecular weight is 390 g/mol. The minimum absolute atomic E-state index is 0.285. The molecule has 0 radical (unpaired) electrons. The number of halogens is 3. The van der Waals surface area contributed by atoms with E-state index in [0.29, 0.717) is 27.0 Å². The monoisotopic (exact) mass is 389 g/mol. The zero-order chi connectivity index (χ0) is 18.5. The summed E-state index contributed by atoms with van der Waals surface area (Å²) in [5, 5.41) is 6.76. The van der Waals surface area contributed by atoms with E-state index in [2.05, 4.69) is 15.6 Å². The lowest BCUT2D eigenvalue weighted by Crippen LogP contribution is -2.23. The quantitative estimate of drug-likeness (QED) is 0.630. The lowest BCUT2D eigenvalue weighted by molar-refractivity contribution is 0.0950. The van der Waals surface area contributed by atoms with Crippen LogP contribution in [0.4, 0.5) is 15.8 Å². The Morgan fingerprint density at radius 2 is 1.73 bits per heavy atom. The predicted octanol–water partition coefficient (Wildman–Crippen LogP) is 5.20. The molecule has 1 aromatic heterocycles. The number of nitrogens with zero attached hydrogens (tertiary/aromatic N) is 1. The first-order valence-electron chi connectivity index (χ1n) is 7.71. The Hall–Kier alpha value is -2.63. The van der Waals surface area contributed by atoms with Gasteiger partial charge in [0.1, 0.15) is 5.82 Å².